The van der Waals surface area contributed by atoms with Crippen LogP contribution in [0.3, 0.4) is 0 Å². The van der Waals surface area contributed by atoms with Crippen molar-refractivity contribution < 1.29 is 8.42 Å². The fraction of sp³-hybridized carbons (Fsp3) is 0.636. The average Bonchev–Trinajstić information content (AvgIpc) is 2.87. The smallest absolute Gasteiger partial charge is 0.206 e. The van der Waals surface area contributed by atoms with Crippen molar-refractivity contribution in [2.75, 3.05) is 13.1 Å². The van der Waals surface area contributed by atoms with Crippen molar-refractivity contribution in [2.45, 2.75) is 23.9 Å². The Kier molecular flexibility index (Phi) is 3.83. The third kappa shape index (κ3) is 2.52. The van der Waals surface area contributed by atoms with Crippen LogP contribution in [0.5, 0.6) is 0 Å². The van der Waals surface area contributed by atoms with Crippen LogP contribution < -0.4 is 0 Å². The van der Waals surface area contributed by atoms with Gasteiger partial charge in [-0.25, -0.2) is 8.42 Å². The summed E-state index contributed by atoms with van der Waals surface area (Å²) in [5.41, 5.74) is 0.871. The highest BCUT2D eigenvalue weighted by molar-refractivity contribution is 7.91. The molecule has 2 heterocycles. The molecule has 1 aliphatic heterocycles. The lowest BCUT2D eigenvalue weighted by Crippen LogP contribution is -2.28. The molecule has 1 aromatic heterocycles. The van der Waals surface area contributed by atoms with Crippen molar-refractivity contribution in [3.63, 3.8) is 0 Å². The predicted octanol–water partition coefficient (Wildman–Crippen LogP) is 2.76. The predicted molar refractivity (Wildman–Crippen MR) is 71.0 cm³/mol. The van der Waals surface area contributed by atoms with E-state index in [1.165, 1.54) is 11.3 Å². The van der Waals surface area contributed by atoms with Crippen molar-refractivity contribution in [3.05, 3.63) is 17.0 Å². The van der Waals surface area contributed by atoms with E-state index in [1.807, 2.05) is 5.38 Å². The van der Waals surface area contributed by atoms with Crippen LogP contribution in [-0.4, -0.2) is 25.8 Å². The van der Waals surface area contributed by atoms with Gasteiger partial charge in [-0.2, -0.15) is 4.31 Å². The molecule has 2 rings (SSSR count). The van der Waals surface area contributed by atoms with Crippen LogP contribution in [0.2, 0.25) is 0 Å². The summed E-state index contributed by atoms with van der Waals surface area (Å²) in [4.78, 5) is 0. The molecule has 3 nitrogen and oxygen atoms in total. The monoisotopic (exact) mass is 293 g/mol. The molecule has 2 unspecified atom stereocenters. The van der Waals surface area contributed by atoms with Gasteiger partial charge in [-0.1, -0.05) is 13.8 Å². The van der Waals surface area contributed by atoms with Gasteiger partial charge in [0, 0.05) is 19.0 Å². The van der Waals surface area contributed by atoms with Gasteiger partial charge in [-0.3, -0.25) is 0 Å². The van der Waals surface area contributed by atoms with Crippen LogP contribution in [0.4, 0.5) is 0 Å². The lowest BCUT2D eigenvalue weighted by Gasteiger charge is -2.14. The number of thiophene rings is 1. The highest BCUT2D eigenvalue weighted by atomic mass is 35.5. The molecule has 0 radical (unpaired) electrons. The molecule has 6 heteroatoms. The molecule has 1 aliphatic rings. The fourth-order valence-electron chi connectivity index (χ4n) is 1.96. The van der Waals surface area contributed by atoms with E-state index in [9.17, 15) is 8.42 Å². The van der Waals surface area contributed by atoms with E-state index in [1.54, 1.807) is 10.4 Å². The summed E-state index contributed by atoms with van der Waals surface area (Å²) in [6.07, 6.45) is 0. The number of hydrogen-bond donors (Lipinski definition) is 0. The number of halogens is 1. The Bertz CT molecular complexity index is 487. The van der Waals surface area contributed by atoms with E-state index >= 15 is 0 Å². The van der Waals surface area contributed by atoms with E-state index in [-0.39, 0.29) is 0 Å². The minimum atomic E-state index is -3.30. The van der Waals surface area contributed by atoms with E-state index in [4.69, 9.17) is 11.6 Å². The van der Waals surface area contributed by atoms with Gasteiger partial charge in [0.2, 0.25) is 0 Å². The second kappa shape index (κ2) is 4.88. The SMILES string of the molecule is CC1CN(S(=O)(=O)c2cc(CCl)cs2)CC1C. The topological polar surface area (TPSA) is 37.4 Å². The molecule has 1 saturated heterocycles. The molecule has 1 fully saturated rings. The molecule has 2 atom stereocenters. The van der Waals surface area contributed by atoms with E-state index < -0.39 is 10.0 Å². The third-order valence-corrected chi connectivity index (χ3v) is 6.94. The summed E-state index contributed by atoms with van der Waals surface area (Å²) in [6, 6.07) is 1.68. The van der Waals surface area contributed by atoms with Gasteiger partial charge in [-0.05, 0) is 28.8 Å². The Morgan fingerprint density at radius 1 is 1.41 bits per heavy atom. The Morgan fingerprint density at radius 3 is 2.47 bits per heavy atom. The lowest BCUT2D eigenvalue weighted by molar-refractivity contribution is 0.465. The standard InChI is InChI=1S/C11H16ClNO2S2/c1-8-5-13(6-9(8)2)17(14,15)11-3-10(4-12)7-16-11/h3,7-9H,4-6H2,1-2H3. The third-order valence-electron chi connectivity index (χ3n) is 3.33. The first-order chi connectivity index (χ1) is 7.95. The highest BCUT2D eigenvalue weighted by Gasteiger charge is 2.35. The average molecular weight is 294 g/mol. The normalized spacial score (nSPS) is 26.5. The molecule has 1 aromatic rings. The van der Waals surface area contributed by atoms with Gasteiger partial charge in [0.1, 0.15) is 4.21 Å². The quantitative estimate of drug-likeness (QED) is 0.804. The lowest BCUT2D eigenvalue weighted by atomic mass is 10.0. The van der Waals surface area contributed by atoms with Gasteiger partial charge in [0.25, 0.3) is 10.0 Å². The van der Waals surface area contributed by atoms with Crippen molar-refractivity contribution in [2.24, 2.45) is 11.8 Å². The highest BCUT2D eigenvalue weighted by Crippen LogP contribution is 2.31. The summed E-state index contributed by atoms with van der Waals surface area (Å²) >= 11 is 6.95. The van der Waals surface area contributed by atoms with E-state index in [0.717, 1.165) is 5.56 Å². The van der Waals surface area contributed by atoms with Crippen molar-refractivity contribution in [1.82, 2.24) is 4.31 Å². The number of alkyl halides is 1. The first kappa shape index (κ1) is 13.3. The number of hydrogen-bond acceptors (Lipinski definition) is 3. The Hall–Kier alpha value is -0.100. The second-order valence-electron chi connectivity index (χ2n) is 4.68. The summed E-state index contributed by atoms with van der Waals surface area (Å²) < 4.78 is 26.7. The molecule has 0 spiro atoms. The van der Waals surface area contributed by atoms with Crippen LogP contribution in [0.25, 0.3) is 0 Å². The zero-order chi connectivity index (χ0) is 12.6. The number of sulfonamides is 1. The fourth-order valence-corrected chi connectivity index (χ4v) is 5.21. The largest absolute Gasteiger partial charge is 0.252 e. The summed E-state index contributed by atoms with van der Waals surface area (Å²) in [5, 5.41) is 1.81. The van der Waals surface area contributed by atoms with Crippen LogP contribution in [0.15, 0.2) is 15.7 Å². The minimum absolute atomic E-state index is 0.360. The van der Waals surface area contributed by atoms with Crippen molar-refractivity contribution in [3.8, 4) is 0 Å². The van der Waals surface area contributed by atoms with Crippen LogP contribution in [0, 0.1) is 11.8 Å². The number of nitrogens with zero attached hydrogens (tertiary/aromatic N) is 1. The molecule has 0 bridgehead atoms. The molecular weight excluding hydrogens is 278 g/mol. The van der Waals surface area contributed by atoms with Crippen molar-refractivity contribution >= 4 is 33.0 Å². The number of rotatable bonds is 3. The van der Waals surface area contributed by atoms with Crippen LogP contribution in [0.1, 0.15) is 19.4 Å². The molecule has 96 valence electrons. The van der Waals surface area contributed by atoms with Gasteiger partial charge in [0.05, 0.1) is 0 Å². The maximum absolute atomic E-state index is 12.3. The maximum atomic E-state index is 12.3. The molecule has 0 N–H and O–H groups in total. The molecule has 0 aromatic carbocycles. The molecule has 0 amide bonds. The molecule has 17 heavy (non-hydrogen) atoms. The maximum Gasteiger partial charge on any atom is 0.252 e. The minimum Gasteiger partial charge on any atom is -0.206 e. The van der Waals surface area contributed by atoms with Gasteiger partial charge >= 0.3 is 0 Å². The van der Waals surface area contributed by atoms with Crippen LogP contribution >= 0.6 is 22.9 Å². The molecule has 0 aliphatic carbocycles. The van der Waals surface area contributed by atoms with Gasteiger partial charge < -0.3 is 0 Å². The summed E-state index contributed by atoms with van der Waals surface area (Å²) in [6.45, 7) is 5.44. The Morgan fingerprint density at radius 2 is 2.00 bits per heavy atom. The molecular formula is C11H16ClNO2S2. The summed E-state index contributed by atoms with van der Waals surface area (Å²) in [5.74, 6) is 1.22. The summed E-state index contributed by atoms with van der Waals surface area (Å²) in [7, 11) is -3.30. The first-order valence-electron chi connectivity index (χ1n) is 5.58. The van der Waals surface area contributed by atoms with Crippen LogP contribution in [-0.2, 0) is 15.9 Å². The molecule has 0 saturated carbocycles. The second-order valence-corrected chi connectivity index (χ2v) is 8.03. The van der Waals surface area contributed by atoms with Crippen molar-refractivity contribution in [1.29, 1.82) is 0 Å². The first-order valence-corrected chi connectivity index (χ1v) is 8.44. The van der Waals surface area contributed by atoms with E-state index in [2.05, 4.69) is 13.8 Å². The van der Waals surface area contributed by atoms with Gasteiger partial charge in [0.15, 0.2) is 0 Å². The Labute approximate surface area is 111 Å². The Balaban J connectivity index is 2.25. The zero-order valence-electron chi connectivity index (χ0n) is 9.89. The van der Waals surface area contributed by atoms with E-state index in [0.29, 0.717) is 35.0 Å². The zero-order valence-corrected chi connectivity index (χ0v) is 12.3. The van der Waals surface area contributed by atoms with Gasteiger partial charge in [-0.15, -0.1) is 22.9 Å².